The summed E-state index contributed by atoms with van der Waals surface area (Å²) < 4.78 is 0. The molecule has 1 heterocycles. The van der Waals surface area contributed by atoms with Crippen molar-refractivity contribution >= 4 is 5.91 Å². The monoisotopic (exact) mass is 268 g/mol. The van der Waals surface area contributed by atoms with Crippen molar-refractivity contribution in [1.29, 1.82) is 0 Å². The van der Waals surface area contributed by atoms with Gasteiger partial charge in [-0.2, -0.15) is 0 Å². The third kappa shape index (κ3) is 5.52. The van der Waals surface area contributed by atoms with Gasteiger partial charge in [0.1, 0.15) is 0 Å². The summed E-state index contributed by atoms with van der Waals surface area (Å²) in [4.78, 5) is 14.0. The number of piperidine rings is 1. The van der Waals surface area contributed by atoms with Crippen LogP contribution in [0.2, 0.25) is 0 Å². The van der Waals surface area contributed by atoms with Gasteiger partial charge in [0.15, 0.2) is 0 Å². The van der Waals surface area contributed by atoms with Crippen molar-refractivity contribution < 1.29 is 4.79 Å². The highest BCUT2D eigenvalue weighted by atomic mass is 16.2. The highest BCUT2D eigenvalue weighted by molar-refractivity contribution is 5.78. The lowest BCUT2D eigenvalue weighted by molar-refractivity contribution is -0.135. The predicted octanol–water partition coefficient (Wildman–Crippen LogP) is 3.19. The van der Waals surface area contributed by atoms with E-state index >= 15 is 0 Å². The topological polar surface area (TPSA) is 32.3 Å². The van der Waals surface area contributed by atoms with Crippen molar-refractivity contribution in [3.05, 3.63) is 0 Å². The zero-order chi connectivity index (χ0) is 14.3. The molecule has 1 N–H and O–H groups in total. The molecule has 0 saturated carbocycles. The summed E-state index contributed by atoms with van der Waals surface area (Å²) >= 11 is 0. The van der Waals surface area contributed by atoms with Crippen LogP contribution in [0.4, 0.5) is 0 Å². The SMILES string of the molecule is CCCCC(CC)NC1CCN(C(=O)C(C)C)CC1. The molecule has 1 rings (SSSR count). The summed E-state index contributed by atoms with van der Waals surface area (Å²) in [6.45, 7) is 10.4. The summed E-state index contributed by atoms with van der Waals surface area (Å²) in [6.07, 6.45) is 7.32. The number of hydrogen-bond donors (Lipinski definition) is 1. The molecule has 0 spiro atoms. The Balaban J connectivity index is 2.31. The Bertz CT molecular complexity index is 257. The van der Waals surface area contributed by atoms with E-state index in [0.717, 1.165) is 25.9 Å². The van der Waals surface area contributed by atoms with Gasteiger partial charge in [-0.3, -0.25) is 4.79 Å². The van der Waals surface area contributed by atoms with Crippen LogP contribution in [-0.2, 0) is 4.79 Å². The summed E-state index contributed by atoms with van der Waals surface area (Å²) in [5.74, 6) is 0.453. The molecule has 3 heteroatoms. The molecule has 0 aliphatic carbocycles. The lowest BCUT2D eigenvalue weighted by atomic mass is 10.00. The van der Waals surface area contributed by atoms with Gasteiger partial charge in [-0.25, -0.2) is 0 Å². The summed E-state index contributed by atoms with van der Waals surface area (Å²) in [7, 11) is 0. The van der Waals surface area contributed by atoms with Gasteiger partial charge in [0.2, 0.25) is 5.91 Å². The molecule has 1 saturated heterocycles. The van der Waals surface area contributed by atoms with Gasteiger partial charge >= 0.3 is 0 Å². The fraction of sp³-hybridized carbons (Fsp3) is 0.938. The van der Waals surface area contributed by atoms with Crippen molar-refractivity contribution in [2.45, 2.75) is 78.3 Å². The number of rotatable bonds is 7. The van der Waals surface area contributed by atoms with Crippen LogP contribution in [0.25, 0.3) is 0 Å². The number of carbonyl (C=O) groups excluding carboxylic acids is 1. The van der Waals surface area contributed by atoms with E-state index in [1.165, 1.54) is 25.7 Å². The Kier molecular flexibility index (Phi) is 7.44. The molecule has 1 atom stereocenters. The van der Waals surface area contributed by atoms with E-state index in [2.05, 4.69) is 19.2 Å². The molecule has 0 aromatic rings. The molecule has 1 aliphatic heterocycles. The Morgan fingerprint density at radius 2 is 1.89 bits per heavy atom. The molecule has 3 nitrogen and oxygen atoms in total. The van der Waals surface area contributed by atoms with Gasteiger partial charge in [0, 0.05) is 31.1 Å². The lowest BCUT2D eigenvalue weighted by Gasteiger charge is -2.35. The fourth-order valence-corrected chi connectivity index (χ4v) is 2.82. The fourth-order valence-electron chi connectivity index (χ4n) is 2.82. The Morgan fingerprint density at radius 1 is 1.26 bits per heavy atom. The van der Waals surface area contributed by atoms with Crippen LogP contribution in [0.5, 0.6) is 0 Å². The zero-order valence-electron chi connectivity index (χ0n) is 13.2. The second-order valence-corrected chi connectivity index (χ2v) is 6.17. The maximum Gasteiger partial charge on any atom is 0.225 e. The van der Waals surface area contributed by atoms with Crippen LogP contribution in [0.3, 0.4) is 0 Å². The molecule has 0 bridgehead atoms. The molecule has 0 aromatic carbocycles. The number of nitrogens with one attached hydrogen (secondary N) is 1. The molecule has 0 radical (unpaired) electrons. The van der Waals surface area contributed by atoms with Gasteiger partial charge in [-0.15, -0.1) is 0 Å². The molecular weight excluding hydrogens is 236 g/mol. The molecule has 1 unspecified atom stereocenters. The van der Waals surface area contributed by atoms with Crippen LogP contribution in [0, 0.1) is 5.92 Å². The minimum Gasteiger partial charge on any atom is -0.342 e. The number of carbonyl (C=O) groups is 1. The van der Waals surface area contributed by atoms with Crippen LogP contribution >= 0.6 is 0 Å². The Morgan fingerprint density at radius 3 is 2.37 bits per heavy atom. The minimum atomic E-state index is 0.137. The second kappa shape index (κ2) is 8.57. The number of amides is 1. The summed E-state index contributed by atoms with van der Waals surface area (Å²) in [5, 5.41) is 3.79. The quantitative estimate of drug-likeness (QED) is 0.769. The Labute approximate surface area is 119 Å². The van der Waals surface area contributed by atoms with Crippen LogP contribution in [-0.4, -0.2) is 36.0 Å². The highest BCUT2D eigenvalue weighted by Gasteiger charge is 2.25. The van der Waals surface area contributed by atoms with E-state index in [1.807, 2.05) is 18.7 Å². The molecule has 0 aromatic heterocycles. The van der Waals surface area contributed by atoms with Crippen molar-refractivity contribution in [1.82, 2.24) is 10.2 Å². The largest absolute Gasteiger partial charge is 0.342 e. The average molecular weight is 268 g/mol. The first-order chi connectivity index (χ1) is 9.08. The van der Waals surface area contributed by atoms with Gasteiger partial charge < -0.3 is 10.2 Å². The van der Waals surface area contributed by atoms with Crippen molar-refractivity contribution in [2.75, 3.05) is 13.1 Å². The van der Waals surface area contributed by atoms with Gasteiger partial charge in [0.25, 0.3) is 0 Å². The van der Waals surface area contributed by atoms with Gasteiger partial charge in [-0.05, 0) is 25.7 Å². The van der Waals surface area contributed by atoms with E-state index in [-0.39, 0.29) is 5.92 Å². The second-order valence-electron chi connectivity index (χ2n) is 6.17. The average Bonchev–Trinajstić information content (AvgIpc) is 2.43. The number of likely N-dealkylation sites (tertiary alicyclic amines) is 1. The number of hydrogen-bond acceptors (Lipinski definition) is 2. The predicted molar refractivity (Wildman–Crippen MR) is 81.2 cm³/mol. The van der Waals surface area contributed by atoms with Gasteiger partial charge in [-0.1, -0.05) is 40.5 Å². The molecule has 1 amide bonds. The molecule has 19 heavy (non-hydrogen) atoms. The third-order valence-corrected chi connectivity index (χ3v) is 4.17. The first-order valence-electron chi connectivity index (χ1n) is 8.13. The van der Waals surface area contributed by atoms with E-state index < -0.39 is 0 Å². The lowest BCUT2D eigenvalue weighted by Crippen LogP contribution is -2.48. The molecule has 1 aliphatic rings. The summed E-state index contributed by atoms with van der Waals surface area (Å²) in [5.41, 5.74) is 0. The first kappa shape index (κ1) is 16.5. The first-order valence-corrected chi connectivity index (χ1v) is 8.13. The van der Waals surface area contributed by atoms with E-state index in [1.54, 1.807) is 0 Å². The third-order valence-electron chi connectivity index (χ3n) is 4.17. The smallest absolute Gasteiger partial charge is 0.225 e. The molecule has 1 fully saturated rings. The molecular formula is C16H32N2O. The van der Waals surface area contributed by atoms with Crippen LogP contribution < -0.4 is 5.32 Å². The zero-order valence-corrected chi connectivity index (χ0v) is 13.2. The van der Waals surface area contributed by atoms with E-state index in [4.69, 9.17) is 0 Å². The normalized spacial score (nSPS) is 18.9. The van der Waals surface area contributed by atoms with E-state index in [0.29, 0.717) is 18.0 Å². The van der Waals surface area contributed by atoms with E-state index in [9.17, 15) is 4.79 Å². The van der Waals surface area contributed by atoms with Crippen molar-refractivity contribution in [3.8, 4) is 0 Å². The Hall–Kier alpha value is -0.570. The maximum atomic E-state index is 11.9. The van der Waals surface area contributed by atoms with Gasteiger partial charge in [0.05, 0.1) is 0 Å². The standard InChI is InChI=1S/C16H32N2O/c1-5-7-8-14(6-2)17-15-9-11-18(12-10-15)16(19)13(3)4/h13-15,17H,5-12H2,1-4H3. The number of unbranched alkanes of at least 4 members (excludes halogenated alkanes) is 1. The summed E-state index contributed by atoms with van der Waals surface area (Å²) in [6, 6.07) is 1.27. The van der Waals surface area contributed by atoms with Crippen LogP contribution in [0.15, 0.2) is 0 Å². The van der Waals surface area contributed by atoms with Crippen molar-refractivity contribution in [2.24, 2.45) is 5.92 Å². The highest BCUT2D eigenvalue weighted by Crippen LogP contribution is 2.15. The van der Waals surface area contributed by atoms with Crippen molar-refractivity contribution in [3.63, 3.8) is 0 Å². The minimum absolute atomic E-state index is 0.137. The molecule has 112 valence electrons. The number of nitrogens with zero attached hydrogens (tertiary/aromatic N) is 1. The van der Waals surface area contributed by atoms with Crippen LogP contribution in [0.1, 0.15) is 66.2 Å². The maximum absolute atomic E-state index is 11.9.